The summed E-state index contributed by atoms with van der Waals surface area (Å²) >= 11 is 0. The summed E-state index contributed by atoms with van der Waals surface area (Å²) in [5, 5.41) is 15.0. The fourth-order valence-electron chi connectivity index (χ4n) is 1.64. The number of alkyl halides is 15. The highest BCUT2D eigenvalue weighted by atomic mass is 19.4. The summed E-state index contributed by atoms with van der Waals surface area (Å²) in [6.07, 6.45) is -7.79. The molecule has 0 fully saturated rings. The van der Waals surface area contributed by atoms with Gasteiger partial charge in [-0.05, 0) is 6.92 Å². The number of aliphatic hydroxyl groups is 2. The summed E-state index contributed by atoms with van der Waals surface area (Å²) in [6, 6.07) is 0. The van der Waals surface area contributed by atoms with E-state index in [1.807, 2.05) is 0 Å². The Hall–Kier alpha value is -1.73. The smallest absolute Gasteiger partial charge is 0.394 e. The van der Waals surface area contributed by atoms with Crippen LogP contribution in [0.4, 0.5) is 70.3 Å². The molecule has 0 aromatic rings. The Labute approximate surface area is 165 Å². The van der Waals surface area contributed by atoms with Crippen LogP contribution in [-0.2, 0) is 4.79 Å². The molecular formula is C12H9F16NO3. The number of amides is 1. The van der Waals surface area contributed by atoms with Crippen molar-refractivity contribution in [1.29, 1.82) is 0 Å². The minimum Gasteiger partial charge on any atom is -0.394 e. The van der Waals surface area contributed by atoms with Crippen LogP contribution in [0.15, 0.2) is 0 Å². The summed E-state index contributed by atoms with van der Waals surface area (Å²) in [6.45, 7) is -3.75. The van der Waals surface area contributed by atoms with Gasteiger partial charge in [-0.1, -0.05) is 4.48 Å². The average Bonchev–Trinajstić information content (AvgIpc) is 2.64. The molecule has 0 spiro atoms. The van der Waals surface area contributed by atoms with Crippen molar-refractivity contribution < 1.29 is 85.3 Å². The number of halogens is 16. The molecular weight excluding hydrogens is 510 g/mol. The van der Waals surface area contributed by atoms with Crippen molar-refractivity contribution in [1.82, 2.24) is 5.12 Å². The minimum absolute atomic E-state index is 0.0872. The summed E-state index contributed by atoms with van der Waals surface area (Å²) < 4.78 is 208. The third kappa shape index (κ3) is 3.81. The molecule has 1 amide bonds. The van der Waals surface area contributed by atoms with E-state index in [9.17, 15) is 75.1 Å². The molecule has 0 atom stereocenters. The van der Waals surface area contributed by atoms with Gasteiger partial charge in [0, 0.05) is 0 Å². The number of carbonyl (C=O) groups is 1. The number of carbonyl (C=O) groups excluding carboxylic acids is 1. The lowest BCUT2D eigenvalue weighted by atomic mass is 9.90. The Balaban J connectivity index is 6.70. The van der Waals surface area contributed by atoms with Gasteiger partial charge in [-0.3, -0.25) is 4.79 Å². The molecule has 0 saturated heterocycles. The number of hydrogen-bond acceptors (Lipinski definition) is 3. The van der Waals surface area contributed by atoms with E-state index in [-0.39, 0.29) is 6.92 Å². The molecule has 0 bridgehead atoms. The van der Waals surface area contributed by atoms with Crippen LogP contribution in [0.1, 0.15) is 6.92 Å². The van der Waals surface area contributed by atoms with Crippen molar-refractivity contribution in [3.05, 3.63) is 0 Å². The zero-order valence-electron chi connectivity index (χ0n) is 14.7. The van der Waals surface area contributed by atoms with Crippen LogP contribution < -0.4 is 0 Å². The predicted molar refractivity (Wildman–Crippen MR) is 66.3 cm³/mol. The molecule has 32 heavy (non-hydrogen) atoms. The number of nitrogens with zero attached hydrogens (tertiary/aromatic N) is 1. The van der Waals surface area contributed by atoms with Gasteiger partial charge in [0.05, 0.1) is 13.2 Å². The van der Waals surface area contributed by atoms with Crippen LogP contribution in [-0.4, -0.2) is 81.7 Å². The lowest BCUT2D eigenvalue weighted by Gasteiger charge is -2.42. The third-order valence-corrected chi connectivity index (χ3v) is 3.93. The van der Waals surface area contributed by atoms with Gasteiger partial charge in [-0.2, -0.15) is 71.0 Å². The quantitative estimate of drug-likeness (QED) is 0.360. The van der Waals surface area contributed by atoms with Crippen molar-refractivity contribution in [2.45, 2.75) is 54.2 Å². The first-order valence-electron chi connectivity index (χ1n) is 7.24. The lowest BCUT2D eigenvalue weighted by molar-refractivity contribution is -0.450. The number of rotatable bonds is 9. The first-order valence-corrected chi connectivity index (χ1v) is 7.24. The van der Waals surface area contributed by atoms with Gasteiger partial charge in [0.2, 0.25) is 0 Å². The van der Waals surface area contributed by atoms with Crippen LogP contribution in [0.2, 0.25) is 0 Å². The largest absolute Gasteiger partial charge is 0.460 e. The summed E-state index contributed by atoms with van der Waals surface area (Å²) in [7, 11) is 0. The fourth-order valence-corrected chi connectivity index (χ4v) is 1.64. The summed E-state index contributed by atoms with van der Waals surface area (Å²) in [5.41, 5.74) is -3.33. The molecule has 192 valence electrons. The Bertz CT molecular complexity index is 699. The molecule has 4 nitrogen and oxygen atoms in total. The fraction of sp³-hybridized carbons (Fsp3) is 0.917. The SMILES string of the molecule is CC(CO)(CO)N(F)C(=O)C(F)(F)C(F)(F)C(F)(F)C(F)(F)C(F)(F)C(F)(F)C(F)(F)F. The standard InChI is InChI=1S/C12H9F16NO3/c1-5(2-30,3-31)29(28)4(32)6(13,14)7(15,16)8(17,18)9(19,20)10(21,22)11(23,24)12(25,26)27/h30-31H,2-3H2,1H3. The highest BCUT2D eigenvalue weighted by Gasteiger charge is 2.94. The minimum atomic E-state index is -8.63. The van der Waals surface area contributed by atoms with E-state index in [1.165, 1.54) is 0 Å². The van der Waals surface area contributed by atoms with Crippen molar-refractivity contribution >= 4 is 5.91 Å². The van der Waals surface area contributed by atoms with Gasteiger partial charge in [0.15, 0.2) is 0 Å². The van der Waals surface area contributed by atoms with Gasteiger partial charge in [0.1, 0.15) is 5.54 Å². The van der Waals surface area contributed by atoms with E-state index in [4.69, 9.17) is 10.2 Å². The predicted octanol–water partition coefficient (Wildman–Crippen LogP) is 3.82. The van der Waals surface area contributed by atoms with E-state index in [1.54, 1.807) is 0 Å². The van der Waals surface area contributed by atoms with Crippen molar-refractivity contribution in [2.75, 3.05) is 13.2 Å². The molecule has 0 aromatic carbocycles. The summed E-state index contributed by atoms with van der Waals surface area (Å²) in [4.78, 5) is 11.2. The molecule has 0 radical (unpaired) electrons. The van der Waals surface area contributed by atoms with Gasteiger partial charge >= 0.3 is 47.6 Å². The topological polar surface area (TPSA) is 60.8 Å². The molecule has 0 heterocycles. The van der Waals surface area contributed by atoms with Gasteiger partial charge in [-0.25, -0.2) is 0 Å². The Morgan fingerprint density at radius 2 is 0.906 bits per heavy atom. The van der Waals surface area contributed by atoms with Crippen LogP contribution in [0, 0.1) is 0 Å². The highest BCUT2D eigenvalue weighted by Crippen LogP contribution is 2.62. The van der Waals surface area contributed by atoms with E-state index in [0.717, 1.165) is 0 Å². The van der Waals surface area contributed by atoms with Gasteiger partial charge < -0.3 is 10.2 Å². The number of hydrogen-bond donors (Lipinski definition) is 2. The van der Waals surface area contributed by atoms with E-state index in [2.05, 4.69) is 0 Å². The van der Waals surface area contributed by atoms with Crippen molar-refractivity contribution in [3.63, 3.8) is 0 Å². The summed E-state index contributed by atoms with van der Waals surface area (Å²) in [5.74, 6) is -54.0. The Kier molecular flexibility index (Phi) is 7.51. The Morgan fingerprint density at radius 1 is 0.625 bits per heavy atom. The zero-order valence-corrected chi connectivity index (χ0v) is 14.7. The Morgan fingerprint density at radius 3 is 1.19 bits per heavy atom. The molecule has 0 aliphatic rings. The van der Waals surface area contributed by atoms with Crippen LogP contribution in [0.5, 0.6) is 0 Å². The maximum Gasteiger partial charge on any atom is 0.460 e. The highest BCUT2D eigenvalue weighted by molar-refractivity contribution is 5.84. The van der Waals surface area contributed by atoms with Crippen LogP contribution in [0.3, 0.4) is 0 Å². The van der Waals surface area contributed by atoms with Gasteiger partial charge in [-0.15, -0.1) is 0 Å². The van der Waals surface area contributed by atoms with E-state index in [0.29, 0.717) is 0 Å². The molecule has 2 N–H and O–H groups in total. The molecule has 0 rings (SSSR count). The third-order valence-electron chi connectivity index (χ3n) is 3.93. The monoisotopic (exact) mass is 519 g/mol. The maximum atomic E-state index is 13.6. The lowest BCUT2D eigenvalue weighted by Crippen LogP contribution is -2.74. The molecule has 0 saturated carbocycles. The maximum absolute atomic E-state index is 13.6. The second kappa shape index (κ2) is 7.94. The van der Waals surface area contributed by atoms with E-state index >= 15 is 0 Å². The van der Waals surface area contributed by atoms with Crippen molar-refractivity contribution in [2.24, 2.45) is 0 Å². The zero-order chi connectivity index (χ0) is 26.6. The molecule has 0 aromatic heterocycles. The average molecular weight is 519 g/mol. The molecule has 0 aliphatic heterocycles. The van der Waals surface area contributed by atoms with E-state index < -0.39 is 71.5 Å². The second-order valence-corrected chi connectivity index (χ2v) is 6.34. The first kappa shape index (κ1) is 30.3. The van der Waals surface area contributed by atoms with Gasteiger partial charge in [0.25, 0.3) is 0 Å². The number of aliphatic hydroxyl groups excluding tert-OH is 2. The first-order chi connectivity index (χ1) is 13.7. The molecule has 20 heteroatoms. The van der Waals surface area contributed by atoms with Crippen molar-refractivity contribution in [3.8, 4) is 0 Å². The van der Waals surface area contributed by atoms with Crippen LogP contribution in [0.25, 0.3) is 0 Å². The second-order valence-electron chi connectivity index (χ2n) is 6.34. The van der Waals surface area contributed by atoms with Crippen LogP contribution >= 0.6 is 0 Å². The normalized spacial score (nSPS) is 15.7. The molecule has 0 aliphatic carbocycles. The molecule has 0 unspecified atom stereocenters.